The first kappa shape index (κ1) is 17.6. The zero-order valence-electron chi connectivity index (χ0n) is 15.4. The van der Waals surface area contributed by atoms with Gasteiger partial charge in [0.25, 0.3) is 0 Å². The molecule has 0 aliphatic heterocycles. The number of pyridine rings is 1. The largest absolute Gasteiger partial charge is 0.354 e. The van der Waals surface area contributed by atoms with Gasteiger partial charge >= 0.3 is 0 Å². The van der Waals surface area contributed by atoms with Gasteiger partial charge in [-0.3, -0.25) is 4.98 Å². The lowest BCUT2D eigenvalue weighted by Gasteiger charge is -2.10. The van der Waals surface area contributed by atoms with E-state index in [1.807, 2.05) is 43.5 Å². The minimum atomic E-state index is 0.741. The SMILES string of the molecule is CCCn1c(-c2ccc(Nc3ccc(C)nc3)cc2)nc2cccc(Cl)c21. The summed E-state index contributed by atoms with van der Waals surface area (Å²) in [5.74, 6) is 0.948. The quantitative estimate of drug-likeness (QED) is 0.450. The lowest BCUT2D eigenvalue weighted by Crippen LogP contribution is -2.00. The van der Waals surface area contributed by atoms with Gasteiger partial charge in [-0.25, -0.2) is 4.98 Å². The van der Waals surface area contributed by atoms with Crippen LogP contribution in [0.2, 0.25) is 5.02 Å². The van der Waals surface area contributed by atoms with Gasteiger partial charge in [0.1, 0.15) is 5.82 Å². The highest BCUT2D eigenvalue weighted by atomic mass is 35.5. The van der Waals surface area contributed by atoms with E-state index in [4.69, 9.17) is 16.6 Å². The average molecular weight is 377 g/mol. The lowest BCUT2D eigenvalue weighted by molar-refractivity contribution is 0.704. The second kappa shape index (κ2) is 7.41. The Labute approximate surface area is 163 Å². The highest BCUT2D eigenvalue weighted by molar-refractivity contribution is 6.35. The lowest BCUT2D eigenvalue weighted by atomic mass is 10.2. The van der Waals surface area contributed by atoms with Gasteiger partial charge in [0, 0.05) is 23.5 Å². The number of fused-ring (bicyclic) bond motifs is 1. The molecule has 4 nitrogen and oxygen atoms in total. The van der Waals surface area contributed by atoms with Gasteiger partial charge in [-0.05, 0) is 61.9 Å². The summed E-state index contributed by atoms with van der Waals surface area (Å²) in [7, 11) is 0. The van der Waals surface area contributed by atoms with Gasteiger partial charge in [0.15, 0.2) is 0 Å². The predicted molar refractivity (Wildman–Crippen MR) is 113 cm³/mol. The molecule has 2 aromatic carbocycles. The van der Waals surface area contributed by atoms with Crippen molar-refractivity contribution in [2.75, 3.05) is 5.32 Å². The first-order valence-electron chi connectivity index (χ1n) is 9.10. The van der Waals surface area contributed by atoms with Crippen LogP contribution in [0.4, 0.5) is 11.4 Å². The Bertz CT molecular complexity index is 1070. The molecule has 0 aliphatic carbocycles. The van der Waals surface area contributed by atoms with Crippen LogP contribution in [0.15, 0.2) is 60.8 Å². The molecule has 0 spiro atoms. The monoisotopic (exact) mass is 376 g/mol. The molecule has 2 aromatic heterocycles. The maximum atomic E-state index is 6.45. The number of nitrogens with zero attached hydrogens (tertiary/aromatic N) is 3. The smallest absolute Gasteiger partial charge is 0.141 e. The van der Waals surface area contributed by atoms with Gasteiger partial charge in [0.05, 0.1) is 27.9 Å². The van der Waals surface area contributed by atoms with Crippen molar-refractivity contribution in [2.45, 2.75) is 26.8 Å². The Morgan fingerprint density at radius 1 is 1.00 bits per heavy atom. The summed E-state index contributed by atoms with van der Waals surface area (Å²) in [6.07, 6.45) is 2.86. The van der Waals surface area contributed by atoms with E-state index in [1.165, 1.54) is 0 Å². The first-order chi connectivity index (χ1) is 13.2. The highest BCUT2D eigenvalue weighted by Gasteiger charge is 2.14. The molecule has 27 heavy (non-hydrogen) atoms. The molecule has 4 rings (SSSR count). The van der Waals surface area contributed by atoms with Crippen molar-refractivity contribution in [3.63, 3.8) is 0 Å². The minimum absolute atomic E-state index is 0.741. The number of hydrogen-bond acceptors (Lipinski definition) is 3. The summed E-state index contributed by atoms with van der Waals surface area (Å²) in [5.41, 5.74) is 5.99. The fraction of sp³-hybridized carbons (Fsp3) is 0.182. The van der Waals surface area contributed by atoms with E-state index in [-0.39, 0.29) is 0 Å². The molecule has 0 aliphatic rings. The van der Waals surface area contributed by atoms with Crippen LogP contribution < -0.4 is 5.32 Å². The van der Waals surface area contributed by atoms with Crippen LogP contribution in [0, 0.1) is 6.92 Å². The van der Waals surface area contributed by atoms with E-state index in [2.05, 4.69) is 46.1 Å². The first-order valence-corrected chi connectivity index (χ1v) is 9.48. The van der Waals surface area contributed by atoms with Crippen LogP contribution in [0.5, 0.6) is 0 Å². The third kappa shape index (κ3) is 3.53. The second-order valence-corrected chi connectivity index (χ2v) is 6.99. The fourth-order valence-corrected chi connectivity index (χ4v) is 3.49. The highest BCUT2D eigenvalue weighted by Crippen LogP contribution is 2.30. The number of aromatic nitrogens is 3. The normalized spacial score (nSPS) is 11.1. The zero-order valence-corrected chi connectivity index (χ0v) is 16.2. The third-order valence-electron chi connectivity index (χ3n) is 4.51. The maximum Gasteiger partial charge on any atom is 0.141 e. The fourth-order valence-electron chi connectivity index (χ4n) is 3.21. The number of nitrogens with one attached hydrogen (secondary N) is 1. The van der Waals surface area contributed by atoms with E-state index in [0.717, 1.165) is 57.5 Å². The van der Waals surface area contributed by atoms with Crippen LogP contribution in [-0.2, 0) is 6.54 Å². The van der Waals surface area contributed by atoms with E-state index in [1.54, 1.807) is 0 Å². The Morgan fingerprint density at radius 2 is 1.78 bits per heavy atom. The topological polar surface area (TPSA) is 42.7 Å². The Morgan fingerprint density at radius 3 is 2.48 bits per heavy atom. The van der Waals surface area contributed by atoms with Gasteiger partial charge in [-0.15, -0.1) is 0 Å². The molecular weight excluding hydrogens is 356 g/mol. The zero-order chi connectivity index (χ0) is 18.8. The molecule has 0 saturated heterocycles. The maximum absolute atomic E-state index is 6.45. The Hall–Kier alpha value is -2.85. The van der Waals surface area contributed by atoms with Crippen LogP contribution in [0.3, 0.4) is 0 Å². The Balaban J connectivity index is 1.68. The predicted octanol–water partition coefficient (Wildman–Crippen LogP) is 6.21. The van der Waals surface area contributed by atoms with Gasteiger partial charge in [0.2, 0.25) is 0 Å². The molecule has 2 heterocycles. The van der Waals surface area contributed by atoms with Crippen molar-refractivity contribution >= 4 is 34.0 Å². The van der Waals surface area contributed by atoms with Crippen molar-refractivity contribution in [2.24, 2.45) is 0 Å². The molecule has 4 aromatic rings. The summed E-state index contributed by atoms with van der Waals surface area (Å²) in [6.45, 7) is 5.02. The van der Waals surface area contributed by atoms with Gasteiger partial charge in [-0.2, -0.15) is 0 Å². The number of aryl methyl sites for hydroxylation is 2. The van der Waals surface area contributed by atoms with Crippen LogP contribution in [0.25, 0.3) is 22.4 Å². The van der Waals surface area contributed by atoms with Crippen LogP contribution >= 0.6 is 11.6 Å². The number of rotatable bonds is 5. The van der Waals surface area contributed by atoms with E-state index < -0.39 is 0 Å². The number of benzene rings is 2. The average Bonchev–Trinajstić information content (AvgIpc) is 3.04. The number of imidazole rings is 1. The molecule has 0 fully saturated rings. The number of para-hydroxylation sites is 1. The Kier molecular flexibility index (Phi) is 4.82. The minimum Gasteiger partial charge on any atom is -0.354 e. The summed E-state index contributed by atoms with van der Waals surface area (Å²) >= 11 is 6.45. The molecule has 0 radical (unpaired) electrons. The number of hydrogen-bond donors (Lipinski definition) is 1. The van der Waals surface area contributed by atoms with Gasteiger partial charge in [-0.1, -0.05) is 24.6 Å². The van der Waals surface area contributed by atoms with E-state index in [9.17, 15) is 0 Å². The van der Waals surface area contributed by atoms with Crippen LogP contribution in [-0.4, -0.2) is 14.5 Å². The molecule has 0 atom stereocenters. The summed E-state index contributed by atoms with van der Waals surface area (Å²) in [5, 5.41) is 4.12. The number of anilines is 2. The molecule has 0 bridgehead atoms. The van der Waals surface area contributed by atoms with Crippen molar-refractivity contribution in [1.82, 2.24) is 14.5 Å². The molecule has 0 unspecified atom stereocenters. The molecule has 5 heteroatoms. The summed E-state index contributed by atoms with van der Waals surface area (Å²) < 4.78 is 2.21. The standard InChI is InChI=1S/C22H21ClN4/c1-3-13-27-21-19(23)5-4-6-20(21)26-22(27)16-8-11-17(12-9-16)25-18-10-7-15(2)24-14-18/h4-12,14,25H,3,13H2,1-2H3. The van der Waals surface area contributed by atoms with Crippen molar-refractivity contribution in [1.29, 1.82) is 0 Å². The molecule has 0 saturated carbocycles. The molecule has 136 valence electrons. The van der Waals surface area contributed by atoms with Crippen molar-refractivity contribution < 1.29 is 0 Å². The summed E-state index contributed by atoms with van der Waals surface area (Å²) in [4.78, 5) is 9.15. The molecule has 1 N–H and O–H groups in total. The number of halogens is 1. The molecule has 0 amide bonds. The van der Waals surface area contributed by atoms with Gasteiger partial charge < -0.3 is 9.88 Å². The summed E-state index contributed by atoms with van der Waals surface area (Å²) in [6, 6.07) is 18.2. The third-order valence-corrected chi connectivity index (χ3v) is 4.81. The van der Waals surface area contributed by atoms with Crippen molar-refractivity contribution in [3.05, 3.63) is 71.5 Å². The van der Waals surface area contributed by atoms with Crippen molar-refractivity contribution in [3.8, 4) is 11.4 Å². The van der Waals surface area contributed by atoms with E-state index in [0.29, 0.717) is 0 Å². The second-order valence-electron chi connectivity index (χ2n) is 6.59. The molecular formula is C22H21ClN4. The van der Waals surface area contributed by atoms with E-state index >= 15 is 0 Å². The van der Waals surface area contributed by atoms with Crippen LogP contribution in [0.1, 0.15) is 19.0 Å².